The van der Waals surface area contributed by atoms with E-state index in [2.05, 4.69) is 152 Å². The fourth-order valence-electron chi connectivity index (χ4n) is 17.5. The third-order valence-corrected chi connectivity index (χ3v) is 24.9. The first-order valence-corrected chi connectivity index (χ1v) is 42.6. The van der Waals surface area contributed by atoms with Crippen LogP contribution in [-0.4, -0.2) is 49.0 Å². The number of aryl methyl sites for hydroxylation is 1. The van der Waals surface area contributed by atoms with Crippen LogP contribution in [0.3, 0.4) is 0 Å². The quantitative estimate of drug-likeness (QED) is 0.0967. The van der Waals surface area contributed by atoms with E-state index in [1.807, 2.05) is 163 Å². The van der Waals surface area contributed by atoms with Crippen LogP contribution in [0, 0.1) is 27.2 Å². The van der Waals surface area contributed by atoms with Crippen LogP contribution in [0.15, 0.2) is 346 Å². The zero-order valence-electron chi connectivity index (χ0n) is 68.8. The number of carbonyl (C=O) groups excluding carboxylic acids is 3. The van der Waals surface area contributed by atoms with Crippen molar-refractivity contribution in [2.45, 2.75) is 56.8 Å². The Hall–Kier alpha value is -13.8. The van der Waals surface area contributed by atoms with Gasteiger partial charge < -0.3 is 29.5 Å². The normalized spacial score (nSPS) is 14.9. The Morgan fingerprint density at radius 2 is 0.746 bits per heavy atom. The number of hydrogen-bond donors (Lipinski definition) is 1. The molecule has 0 aliphatic carbocycles. The zero-order chi connectivity index (χ0) is 87.8. The minimum atomic E-state index is -0.492. The van der Waals surface area contributed by atoms with E-state index in [0.29, 0.717) is 60.6 Å². The molecular weight excluding hydrogens is 1680 g/mol. The Morgan fingerprint density at radius 1 is 0.349 bits per heavy atom. The first kappa shape index (κ1) is 85.7. The topological polar surface area (TPSA) is 181 Å². The van der Waals surface area contributed by atoms with Crippen LogP contribution in [0.25, 0.3) is 0 Å². The van der Waals surface area contributed by atoms with E-state index in [-0.39, 0.29) is 66.0 Å². The van der Waals surface area contributed by atoms with Gasteiger partial charge in [0.2, 0.25) is 0 Å². The lowest BCUT2D eigenvalue weighted by Gasteiger charge is -2.25. The predicted molar refractivity (Wildman–Crippen MR) is 505 cm³/mol. The summed E-state index contributed by atoms with van der Waals surface area (Å²) in [5.41, 5.74) is 23.2. The Bertz CT molecular complexity index is 6570. The Balaban J connectivity index is 0.000000125. The van der Waals surface area contributed by atoms with Crippen LogP contribution >= 0.6 is 58.0 Å². The summed E-state index contributed by atoms with van der Waals surface area (Å²) in [6.07, 6.45) is 0. The minimum Gasteiger partial charge on any atom is -0.497 e. The van der Waals surface area contributed by atoms with Gasteiger partial charge in [-0.25, -0.2) is 4.79 Å². The van der Waals surface area contributed by atoms with E-state index in [0.717, 1.165) is 78.6 Å². The third kappa shape index (κ3) is 17.9. The van der Waals surface area contributed by atoms with Gasteiger partial charge in [-0.05, 0) is 217 Å². The molecule has 4 aliphatic rings. The summed E-state index contributed by atoms with van der Waals surface area (Å²) in [7, 11) is 5.37. The first-order valence-electron chi connectivity index (χ1n) is 40.7. The SMILES string of the molecule is CN1Cc2ccccc2C(c2ccccc2Cl)c2ccccc21.COc1ccc2c(c1)CN(C(=O)c1ccc([N+](=O)[O-])cc1)c1ccc(Cl)cc1C2c1ccccc1Cl.COc1cccc2c1C(c1ccccc1Cl)c1cc(Cl)ccc1N(C(=O)c1ccc([N+](=O)[O-])cc1)C2.Cc1ccccc1C1c2ccccc2CN(C(=O)Nc2ccccc2)c2ccccc21. The molecule has 16 nitrogen and oxygen atoms in total. The molecule has 0 radical (unpaired) electrons. The summed E-state index contributed by atoms with van der Waals surface area (Å²) in [6, 6.07) is 109. The number of non-ortho nitro benzene ring substituents is 2. The molecule has 4 unspecified atom stereocenters. The number of halogens is 5. The number of amides is 4. The average molecular weight is 1760 g/mol. The monoisotopic (exact) mass is 1760 g/mol. The van der Waals surface area contributed by atoms with E-state index < -0.39 is 9.85 Å². The molecule has 0 aromatic heterocycles. The lowest BCUT2D eigenvalue weighted by atomic mass is 9.81. The smallest absolute Gasteiger partial charge is 0.326 e. The van der Waals surface area contributed by atoms with Gasteiger partial charge in [-0.3, -0.25) is 34.7 Å². The molecule has 1 N–H and O–H groups in total. The number of benzene rings is 15. The van der Waals surface area contributed by atoms with Crippen LogP contribution in [-0.2, 0) is 26.2 Å². The average Bonchev–Trinajstić information content (AvgIpc) is 1.47. The van der Waals surface area contributed by atoms with Crippen molar-refractivity contribution in [3.63, 3.8) is 0 Å². The number of hydrogen-bond acceptors (Lipinski definition) is 10. The standard InChI is InChI=1S/2C28H20Cl2N2O4.C28H24N2O.C21H18ClN/c1-36-25-8-4-5-18-16-31(28(33)17-9-12-20(13-10-17)32(34)35)24-14-11-19(29)15-22(24)27(26(18)25)21-6-2-3-7-23(21)30;1-36-21-11-12-22-18(14-21)16-31(28(33)17-6-9-20(10-7-17)32(34)35)26-13-8-19(29)15-24(26)27(22)23-4-2-3-5-25(23)30;1-20-11-5-7-15-23(20)27-24-16-8-6-12-21(24)19-30(26-18-10-9-17-25(26)27)28(31)29-22-13-3-2-4-14-22;1-23-14-15-8-2-3-9-16(15)21(17-10-4-6-12-19(17)22)18-11-5-7-13-20(18)23/h2*2-15,27H,16H2,1H3;2-18,27H,19H2,1H3,(H,29,31);2-13,21H,14H2,1H3. The second-order valence-electron chi connectivity index (χ2n) is 30.8. The molecule has 4 heterocycles. The third-order valence-electron chi connectivity index (χ3n) is 23.4. The van der Waals surface area contributed by atoms with Gasteiger partial charge in [0, 0.05) is 132 Å². The molecule has 0 bridgehead atoms. The predicted octanol–water partition coefficient (Wildman–Crippen LogP) is 26.7. The maximum Gasteiger partial charge on any atom is 0.326 e. The van der Waals surface area contributed by atoms with Crippen LogP contribution in [0.2, 0.25) is 25.1 Å². The molecule has 0 saturated heterocycles. The molecule has 0 fully saturated rings. The number of nitrogens with zero attached hydrogens (tertiary/aromatic N) is 6. The van der Waals surface area contributed by atoms with Gasteiger partial charge in [-0.1, -0.05) is 258 Å². The second kappa shape index (κ2) is 38.1. The second-order valence-corrected chi connectivity index (χ2v) is 32.9. The van der Waals surface area contributed by atoms with Crippen LogP contribution in [0.4, 0.5) is 44.6 Å². The fourth-order valence-corrected chi connectivity index (χ4v) is 18.6. The van der Waals surface area contributed by atoms with Crippen molar-refractivity contribution in [3.8, 4) is 11.5 Å². The number of anilines is 5. The number of urea groups is 1. The Morgan fingerprint density at radius 3 is 1.26 bits per heavy atom. The number of fused-ring (bicyclic) bond motifs is 8. The summed E-state index contributed by atoms with van der Waals surface area (Å²) in [5, 5.41) is 28.3. The number of rotatable bonds is 11. The van der Waals surface area contributed by atoms with Crippen molar-refractivity contribution in [2.75, 3.05) is 46.2 Å². The molecule has 21 heteroatoms. The molecule has 4 amide bonds. The number of nitrogens with one attached hydrogen (secondary N) is 1. The number of nitro groups is 2. The number of nitro benzene ring substituents is 2. The Labute approximate surface area is 755 Å². The lowest BCUT2D eigenvalue weighted by Crippen LogP contribution is -2.34. The molecule has 626 valence electrons. The molecule has 4 aliphatic heterocycles. The first-order chi connectivity index (χ1) is 61.2. The van der Waals surface area contributed by atoms with Gasteiger partial charge in [-0.15, -0.1) is 0 Å². The number of carbonyl (C=O) groups is 3. The fraction of sp³-hybridized carbons (Fsp3) is 0.114. The van der Waals surface area contributed by atoms with Crippen LogP contribution in [0.5, 0.6) is 11.5 Å². The minimum absolute atomic E-state index is 0.0723. The summed E-state index contributed by atoms with van der Waals surface area (Å²) in [6.45, 7) is 4.11. The van der Waals surface area contributed by atoms with E-state index in [1.165, 1.54) is 93.2 Å². The summed E-state index contributed by atoms with van der Waals surface area (Å²) < 4.78 is 11.3. The number of methoxy groups -OCH3 is 2. The van der Waals surface area contributed by atoms with Crippen LogP contribution in [0.1, 0.15) is 139 Å². The maximum absolute atomic E-state index is 13.8. The summed E-state index contributed by atoms with van der Waals surface area (Å²) in [4.78, 5) is 69.8. The summed E-state index contributed by atoms with van der Waals surface area (Å²) in [5.74, 6) is 0.357. The van der Waals surface area contributed by atoms with Crippen molar-refractivity contribution in [1.29, 1.82) is 0 Å². The molecule has 15 aromatic rings. The van der Waals surface area contributed by atoms with E-state index in [9.17, 15) is 34.6 Å². The number of ether oxygens (including phenoxy) is 2. The van der Waals surface area contributed by atoms with Gasteiger partial charge in [0.05, 0.1) is 43.7 Å². The summed E-state index contributed by atoms with van der Waals surface area (Å²) >= 11 is 32.9. The highest BCUT2D eigenvalue weighted by Crippen LogP contribution is 2.52. The van der Waals surface area contributed by atoms with Crippen molar-refractivity contribution in [3.05, 3.63) is 497 Å². The highest BCUT2D eigenvalue weighted by molar-refractivity contribution is 6.33. The van der Waals surface area contributed by atoms with Crippen molar-refractivity contribution in [1.82, 2.24) is 0 Å². The largest absolute Gasteiger partial charge is 0.497 e. The molecule has 19 rings (SSSR count). The van der Waals surface area contributed by atoms with E-state index >= 15 is 0 Å². The molecule has 0 spiro atoms. The highest BCUT2D eigenvalue weighted by Gasteiger charge is 2.38. The van der Waals surface area contributed by atoms with Crippen LogP contribution < -0.4 is 34.4 Å². The molecule has 15 aromatic carbocycles. The van der Waals surface area contributed by atoms with E-state index in [4.69, 9.17) is 67.5 Å². The van der Waals surface area contributed by atoms with Gasteiger partial charge >= 0.3 is 6.03 Å². The Kier molecular flexibility index (Phi) is 25.9. The van der Waals surface area contributed by atoms with Gasteiger partial charge in [0.25, 0.3) is 23.2 Å². The van der Waals surface area contributed by atoms with Gasteiger partial charge in [-0.2, -0.15) is 0 Å². The van der Waals surface area contributed by atoms with E-state index in [1.54, 1.807) is 36.2 Å². The highest BCUT2D eigenvalue weighted by atomic mass is 35.5. The lowest BCUT2D eigenvalue weighted by molar-refractivity contribution is -0.385. The van der Waals surface area contributed by atoms with Gasteiger partial charge in [0.15, 0.2) is 0 Å². The van der Waals surface area contributed by atoms with Crippen molar-refractivity contribution >= 4 is 116 Å². The maximum atomic E-state index is 13.8. The molecular formula is C105H82Cl5N7O9. The molecule has 126 heavy (non-hydrogen) atoms. The molecule has 0 saturated carbocycles. The number of para-hydroxylation sites is 3. The van der Waals surface area contributed by atoms with Crippen molar-refractivity contribution in [2.24, 2.45) is 0 Å². The van der Waals surface area contributed by atoms with Crippen molar-refractivity contribution < 1.29 is 33.7 Å². The zero-order valence-corrected chi connectivity index (χ0v) is 72.6. The molecule has 4 atom stereocenters. The van der Waals surface area contributed by atoms with Gasteiger partial charge in [0.1, 0.15) is 11.5 Å².